The monoisotopic (exact) mass is 891 g/mol. The minimum atomic E-state index is -5.64. The number of fused-ring (bicyclic) bond motifs is 5. The van der Waals surface area contributed by atoms with E-state index >= 15 is 0 Å². The predicted molar refractivity (Wildman–Crippen MR) is 254 cm³/mol. The number of hydrogen-bond donors (Lipinski definition) is 0. The van der Waals surface area contributed by atoms with E-state index in [9.17, 15) is 17.0 Å². The van der Waals surface area contributed by atoms with Crippen molar-refractivity contribution < 1.29 is 16.4 Å². The molecule has 6 aromatic carbocycles. The summed E-state index contributed by atoms with van der Waals surface area (Å²) in [4.78, 5) is 0. The van der Waals surface area contributed by atoms with Crippen LogP contribution in [0.5, 0.6) is 0 Å². The fourth-order valence-electron chi connectivity index (χ4n) is 11.2. The second-order valence-electron chi connectivity index (χ2n) is 18.0. The summed E-state index contributed by atoms with van der Waals surface area (Å²) in [6, 6.07) is 48.1. The molecule has 6 aromatic rings. The Morgan fingerprint density at radius 1 is 0.500 bits per heavy atom. The maximum absolute atomic E-state index is 9.40. The summed E-state index contributed by atoms with van der Waals surface area (Å²) in [5.74, 6) is 0.890. The molecule has 9 rings (SSSR count). The molecule has 0 aromatic heterocycles. The molecule has 0 amide bonds. The van der Waals surface area contributed by atoms with Crippen LogP contribution < -0.4 is 13.6 Å². The Morgan fingerprint density at radius 2 is 0.931 bits per heavy atom. The fraction of sp³-hybridized carbons (Fsp3) is 0.259. The van der Waals surface area contributed by atoms with Crippen molar-refractivity contribution in [2.24, 2.45) is 11.8 Å². The van der Waals surface area contributed by atoms with Crippen molar-refractivity contribution in [1.29, 1.82) is 0 Å². The van der Waals surface area contributed by atoms with Gasteiger partial charge in [-0.15, -0.1) is 0 Å². The van der Waals surface area contributed by atoms with Gasteiger partial charge in [-0.05, 0) is 0 Å². The molecule has 2 unspecified atom stereocenters. The second-order valence-corrected chi connectivity index (χ2v) is 40.4. The molecule has 4 heteroatoms. The van der Waals surface area contributed by atoms with Gasteiger partial charge in [0.25, 0.3) is 0 Å². The molecular weight excluding hydrogens is 839 g/mol. The Morgan fingerprint density at radius 3 is 1.43 bits per heavy atom. The van der Waals surface area contributed by atoms with Crippen LogP contribution in [0.2, 0.25) is 0 Å². The van der Waals surface area contributed by atoms with Crippen LogP contribution in [0.3, 0.4) is 0 Å². The van der Waals surface area contributed by atoms with E-state index in [4.69, 9.17) is 0 Å². The Bertz CT molecular complexity index is 2510. The van der Waals surface area contributed by atoms with E-state index in [1.165, 1.54) is 91.6 Å². The van der Waals surface area contributed by atoms with E-state index < -0.39 is 25.9 Å². The molecule has 2 aliphatic carbocycles. The Balaban J connectivity index is 1.38. The van der Waals surface area contributed by atoms with Gasteiger partial charge in [0.1, 0.15) is 0 Å². The van der Waals surface area contributed by atoms with Crippen molar-refractivity contribution in [3.8, 4) is 33.4 Å². The summed E-state index contributed by atoms with van der Waals surface area (Å²) >= 11 is -5.64. The molecular formula is C54H55Cl2SiZr. The van der Waals surface area contributed by atoms with E-state index in [2.05, 4.69) is 181 Å². The van der Waals surface area contributed by atoms with E-state index in [1.807, 2.05) is 0 Å². The number of hydrogen-bond acceptors (Lipinski definition) is 0. The van der Waals surface area contributed by atoms with Crippen molar-refractivity contribution in [3.63, 3.8) is 0 Å². The van der Waals surface area contributed by atoms with Gasteiger partial charge < -0.3 is 0 Å². The zero-order chi connectivity index (χ0) is 40.4. The topological polar surface area (TPSA) is 0 Å². The third kappa shape index (κ3) is 6.39. The Kier molecular flexibility index (Phi) is 10.7. The maximum atomic E-state index is 9.40. The molecule has 293 valence electrons. The van der Waals surface area contributed by atoms with Crippen LogP contribution >= 0.6 is 17.0 Å². The van der Waals surface area contributed by atoms with Crippen LogP contribution in [-0.2, 0) is 29.2 Å². The van der Waals surface area contributed by atoms with Gasteiger partial charge >= 0.3 is 360 Å². The zero-order valence-corrected chi connectivity index (χ0v) is 40.3. The quantitative estimate of drug-likeness (QED) is 0.114. The first kappa shape index (κ1) is 39.9. The van der Waals surface area contributed by atoms with Crippen LogP contribution in [0.1, 0.15) is 95.0 Å². The standard InChI is InChI=1S/2C21H23.C12H9Si.2ClH.Zr/c2*1-4-17-8-5-6-10-19(17)20-11-7-9-18-13-16(12-15(2)3)14-21(18)20;1-3-7-11-9(5-1)10-6-2-4-8-12(10)13-11;;;/h2*5-11,13-15H,4,12H2,1-3H3;1-7H,13H2;2*1H;/q;;;;;+2/p-2. The third-order valence-corrected chi connectivity index (χ3v) is 36.2. The van der Waals surface area contributed by atoms with Gasteiger partial charge in [0.15, 0.2) is 0 Å². The summed E-state index contributed by atoms with van der Waals surface area (Å²) in [6.45, 7) is 14.0. The van der Waals surface area contributed by atoms with Crippen molar-refractivity contribution in [2.75, 3.05) is 0 Å². The van der Waals surface area contributed by atoms with Gasteiger partial charge in [0.05, 0.1) is 0 Å². The summed E-state index contributed by atoms with van der Waals surface area (Å²) in [5.41, 5.74) is 18.8. The second kappa shape index (κ2) is 15.5. The van der Waals surface area contributed by atoms with Crippen LogP contribution in [-0.4, -0.2) is 9.52 Å². The summed E-state index contributed by atoms with van der Waals surface area (Å²) in [7, 11) is 17.9. The molecule has 2 atom stereocenters. The van der Waals surface area contributed by atoms with Crippen LogP contribution in [0.15, 0.2) is 139 Å². The summed E-state index contributed by atoms with van der Waals surface area (Å²) in [5, 5.41) is 2.98. The molecule has 0 nitrogen and oxygen atoms in total. The molecule has 3 aliphatic rings. The van der Waals surface area contributed by atoms with E-state index in [1.54, 1.807) is 0 Å². The number of aryl methyl sites for hydroxylation is 2. The molecule has 0 saturated carbocycles. The minimum absolute atomic E-state index is 0.0850. The molecule has 58 heavy (non-hydrogen) atoms. The first-order valence-electron chi connectivity index (χ1n) is 21.6. The van der Waals surface area contributed by atoms with Gasteiger partial charge in [-0.1, -0.05) is 0 Å². The first-order valence-corrected chi connectivity index (χ1v) is 33.5. The summed E-state index contributed by atoms with van der Waals surface area (Å²) < 4.78 is 1.14. The average molecular weight is 894 g/mol. The van der Waals surface area contributed by atoms with E-state index in [0.29, 0.717) is 11.8 Å². The Labute approximate surface area is 357 Å². The predicted octanol–water partition coefficient (Wildman–Crippen LogP) is 13.2. The van der Waals surface area contributed by atoms with Gasteiger partial charge in [0.2, 0.25) is 0 Å². The molecule has 0 radical (unpaired) electrons. The molecule has 0 N–H and O–H groups in total. The van der Waals surface area contributed by atoms with Crippen molar-refractivity contribution in [3.05, 3.63) is 172 Å². The molecule has 1 heterocycles. The molecule has 0 fully saturated rings. The zero-order valence-electron chi connectivity index (χ0n) is 34.9. The Hall–Kier alpha value is -3.52. The van der Waals surface area contributed by atoms with E-state index in [0.717, 1.165) is 25.7 Å². The van der Waals surface area contributed by atoms with Gasteiger partial charge in [-0.3, -0.25) is 0 Å². The molecule has 0 saturated heterocycles. The molecule has 1 aliphatic heterocycles. The number of benzene rings is 6. The number of halogens is 2. The average Bonchev–Trinajstić information content (AvgIpc) is 3.92. The van der Waals surface area contributed by atoms with Gasteiger partial charge in [-0.2, -0.15) is 0 Å². The van der Waals surface area contributed by atoms with Crippen LogP contribution in [0.4, 0.5) is 0 Å². The molecule has 0 spiro atoms. The SMILES string of the molecule is CCc1ccccc1-c1cccc2c1C=C(CC(C)C)[CH]2[Zr]([Cl])([Cl])([c]1cccc2c1[SiH2]c1ccccc1-2)[CH]1C(CC(C)C)=Cc2c(-c3ccccc3CC)cccc21. The normalized spacial score (nSPS) is 17.8. The van der Waals surface area contributed by atoms with Crippen LogP contribution in [0.25, 0.3) is 45.5 Å². The number of rotatable bonds is 11. The molecule has 0 bridgehead atoms. The third-order valence-electron chi connectivity index (χ3n) is 13.4. The fourth-order valence-corrected chi connectivity index (χ4v) is 39.1. The number of allylic oxidation sites excluding steroid dienone is 2. The van der Waals surface area contributed by atoms with Crippen molar-refractivity contribution in [2.45, 2.75) is 74.5 Å². The van der Waals surface area contributed by atoms with E-state index in [-0.39, 0.29) is 7.25 Å². The van der Waals surface area contributed by atoms with Crippen LogP contribution in [0, 0.1) is 11.8 Å². The summed E-state index contributed by atoms with van der Waals surface area (Å²) in [6.07, 6.45) is 8.96. The van der Waals surface area contributed by atoms with Gasteiger partial charge in [-0.25, -0.2) is 0 Å². The first-order chi connectivity index (χ1) is 28.0. The van der Waals surface area contributed by atoms with Gasteiger partial charge in [0, 0.05) is 0 Å². The van der Waals surface area contributed by atoms with Crippen molar-refractivity contribution >= 4 is 52.3 Å². The van der Waals surface area contributed by atoms with Crippen molar-refractivity contribution in [1.82, 2.24) is 0 Å².